The summed E-state index contributed by atoms with van der Waals surface area (Å²) in [5.74, 6) is -1.22. The first-order valence-corrected chi connectivity index (χ1v) is 6.35. The largest absolute Gasteiger partial charge is 0.507 e. The molecule has 1 amide bonds. The molecule has 0 saturated heterocycles. The molecule has 0 spiro atoms. The van der Waals surface area contributed by atoms with Gasteiger partial charge in [0.05, 0.1) is 0 Å². The van der Waals surface area contributed by atoms with E-state index in [4.69, 9.17) is 4.74 Å². The average Bonchev–Trinajstić information content (AvgIpc) is 2.33. The van der Waals surface area contributed by atoms with E-state index >= 15 is 0 Å². The van der Waals surface area contributed by atoms with E-state index in [-0.39, 0.29) is 11.3 Å². The molecule has 0 saturated carbocycles. The molecule has 0 heterocycles. The van der Waals surface area contributed by atoms with E-state index in [9.17, 15) is 14.3 Å². The van der Waals surface area contributed by atoms with Crippen LogP contribution in [0.3, 0.4) is 0 Å². The number of phenolic OH excluding ortho intramolecular Hbond substituents is 1. The molecular formula is C14H20FNO3. The van der Waals surface area contributed by atoms with E-state index in [0.717, 1.165) is 6.07 Å². The maximum Gasteiger partial charge on any atom is 0.258 e. The van der Waals surface area contributed by atoms with Crippen LogP contribution in [0.1, 0.15) is 30.6 Å². The summed E-state index contributed by atoms with van der Waals surface area (Å²) in [6.07, 6.45) is 0.647. The van der Waals surface area contributed by atoms with E-state index in [2.05, 4.69) is 19.2 Å². The van der Waals surface area contributed by atoms with Crippen LogP contribution in [0.2, 0.25) is 0 Å². The number of hydrogen-bond acceptors (Lipinski definition) is 3. The molecular weight excluding hydrogens is 249 g/mol. The van der Waals surface area contributed by atoms with Crippen molar-refractivity contribution in [2.45, 2.75) is 20.3 Å². The van der Waals surface area contributed by atoms with Crippen molar-refractivity contribution in [1.82, 2.24) is 5.32 Å². The Morgan fingerprint density at radius 1 is 1.47 bits per heavy atom. The summed E-state index contributed by atoms with van der Waals surface area (Å²) in [7, 11) is 0. The Kier molecular flexibility index (Phi) is 6.29. The van der Waals surface area contributed by atoms with E-state index in [1.165, 1.54) is 12.1 Å². The number of amides is 1. The van der Waals surface area contributed by atoms with Gasteiger partial charge in [-0.15, -0.1) is 0 Å². The van der Waals surface area contributed by atoms with Crippen LogP contribution in [-0.4, -0.2) is 30.8 Å². The molecule has 0 aliphatic rings. The van der Waals surface area contributed by atoms with Crippen LogP contribution < -0.4 is 5.32 Å². The minimum atomic E-state index is -0.728. The summed E-state index contributed by atoms with van der Waals surface area (Å²) in [6.45, 7) is 5.72. The molecule has 0 atom stereocenters. The number of phenols is 1. The van der Waals surface area contributed by atoms with Gasteiger partial charge in [0.15, 0.2) is 0 Å². The highest BCUT2D eigenvalue weighted by Crippen LogP contribution is 2.19. The van der Waals surface area contributed by atoms with Crippen LogP contribution >= 0.6 is 0 Å². The molecule has 0 unspecified atom stereocenters. The maximum absolute atomic E-state index is 13.4. The lowest BCUT2D eigenvalue weighted by Gasteiger charge is -2.09. The number of nitrogens with one attached hydrogen (secondary N) is 1. The fourth-order valence-corrected chi connectivity index (χ4v) is 1.52. The van der Waals surface area contributed by atoms with Crippen LogP contribution in [-0.2, 0) is 4.74 Å². The van der Waals surface area contributed by atoms with Crippen LogP contribution in [0.4, 0.5) is 4.39 Å². The molecule has 2 N–H and O–H groups in total. The molecule has 0 aliphatic heterocycles. The fraction of sp³-hybridized carbons (Fsp3) is 0.500. The standard InChI is InChI=1S/C14H20FNO3/c1-10(2)9-19-8-4-7-16-14(18)13-11(15)5-3-6-12(13)17/h3,5-6,10,17H,4,7-9H2,1-2H3,(H,16,18). The summed E-state index contributed by atoms with van der Waals surface area (Å²) in [4.78, 5) is 11.7. The van der Waals surface area contributed by atoms with Gasteiger partial charge in [0.2, 0.25) is 0 Å². The summed E-state index contributed by atoms with van der Waals surface area (Å²) in [6, 6.07) is 3.77. The summed E-state index contributed by atoms with van der Waals surface area (Å²) in [5.41, 5.74) is -0.314. The quantitative estimate of drug-likeness (QED) is 0.747. The molecule has 0 radical (unpaired) electrons. The average molecular weight is 269 g/mol. The maximum atomic E-state index is 13.4. The fourth-order valence-electron chi connectivity index (χ4n) is 1.52. The highest BCUT2D eigenvalue weighted by molar-refractivity contribution is 5.97. The lowest BCUT2D eigenvalue weighted by Crippen LogP contribution is -2.26. The summed E-state index contributed by atoms with van der Waals surface area (Å²) >= 11 is 0. The Bertz CT molecular complexity index is 401. The topological polar surface area (TPSA) is 58.6 Å². The van der Waals surface area contributed by atoms with Crippen LogP contribution in [0.25, 0.3) is 0 Å². The summed E-state index contributed by atoms with van der Waals surface area (Å²) < 4.78 is 18.7. The molecule has 0 fully saturated rings. The molecule has 0 aromatic heterocycles. The van der Waals surface area contributed by atoms with E-state index in [1.807, 2.05) is 0 Å². The number of rotatable bonds is 7. The molecule has 19 heavy (non-hydrogen) atoms. The molecule has 4 nitrogen and oxygen atoms in total. The van der Waals surface area contributed by atoms with Gasteiger partial charge in [-0.2, -0.15) is 0 Å². The normalized spacial score (nSPS) is 10.7. The highest BCUT2D eigenvalue weighted by atomic mass is 19.1. The molecule has 0 aliphatic carbocycles. The van der Waals surface area contributed by atoms with Gasteiger partial charge in [-0.1, -0.05) is 19.9 Å². The minimum absolute atomic E-state index is 0.314. The van der Waals surface area contributed by atoms with Gasteiger partial charge < -0.3 is 15.2 Å². The Labute approximate surface area is 112 Å². The van der Waals surface area contributed by atoms with Gasteiger partial charge in [-0.3, -0.25) is 4.79 Å². The third-order valence-electron chi connectivity index (χ3n) is 2.42. The van der Waals surface area contributed by atoms with Crippen molar-refractivity contribution >= 4 is 5.91 Å². The molecule has 1 aromatic carbocycles. The number of hydrogen-bond donors (Lipinski definition) is 2. The first-order valence-electron chi connectivity index (χ1n) is 6.35. The van der Waals surface area contributed by atoms with Crippen molar-refractivity contribution in [1.29, 1.82) is 0 Å². The van der Waals surface area contributed by atoms with Gasteiger partial charge in [0.1, 0.15) is 17.1 Å². The van der Waals surface area contributed by atoms with Gasteiger partial charge >= 0.3 is 0 Å². The Morgan fingerprint density at radius 2 is 2.21 bits per heavy atom. The predicted octanol–water partition coefficient (Wildman–Crippen LogP) is 2.32. The van der Waals surface area contributed by atoms with Gasteiger partial charge in [-0.05, 0) is 24.5 Å². The third kappa shape index (κ3) is 5.26. The highest BCUT2D eigenvalue weighted by Gasteiger charge is 2.15. The number of ether oxygens (including phenoxy) is 1. The van der Waals surface area contributed by atoms with Gasteiger partial charge in [-0.25, -0.2) is 4.39 Å². The zero-order valence-electron chi connectivity index (χ0n) is 11.3. The first-order chi connectivity index (χ1) is 9.02. The van der Waals surface area contributed by atoms with E-state index in [1.54, 1.807) is 0 Å². The second-order valence-electron chi connectivity index (χ2n) is 4.71. The van der Waals surface area contributed by atoms with Crippen LogP contribution in [0.5, 0.6) is 5.75 Å². The number of carbonyl (C=O) groups excluding carboxylic acids is 1. The molecule has 1 aromatic rings. The van der Waals surface area contributed by atoms with Gasteiger partial charge in [0.25, 0.3) is 5.91 Å². The molecule has 1 rings (SSSR count). The summed E-state index contributed by atoms with van der Waals surface area (Å²) in [5, 5.41) is 12.0. The second kappa shape index (κ2) is 7.74. The lowest BCUT2D eigenvalue weighted by molar-refractivity contribution is 0.0919. The SMILES string of the molecule is CC(C)COCCCNC(=O)c1c(O)cccc1F. The van der Waals surface area contributed by atoms with Crippen molar-refractivity contribution < 1.29 is 19.0 Å². The van der Waals surface area contributed by atoms with Gasteiger partial charge in [0, 0.05) is 19.8 Å². The molecule has 0 bridgehead atoms. The zero-order chi connectivity index (χ0) is 14.3. The second-order valence-corrected chi connectivity index (χ2v) is 4.71. The first kappa shape index (κ1) is 15.4. The number of carbonyl (C=O) groups is 1. The van der Waals surface area contributed by atoms with Crippen molar-refractivity contribution in [3.05, 3.63) is 29.6 Å². The van der Waals surface area contributed by atoms with Crippen molar-refractivity contribution in [3.63, 3.8) is 0 Å². The number of halogens is 1. The predicted molar refractivity (Wildman–Crippen MR) is 70.7 cm³/mol. The van der Waals surface area contributed by atoms with Crippen molar-refractivity contribution in [2.75, 3.05) is 19.8 Å². The molecule has 106 valence electrons. The van der Waals surface area contributed by atoms with Crippen molar-refractivity contribution in [3.8, 4) is 5.75 Å². The smallest absolute Gasteiger partial charge is 0.258 e. The molecule has 5 heteroatoms. The Hall–Kier alpha value is -1.62. The monoisotopic (exact) mass is 269 g/mol. The van der Waals surface area contributed by atoms with E-state index < -0.39 is 11.7 Å². The Balaban J connectivity index is 2.32. The Morgan fingerprint density at radius 3 is 2.84 bits per heavy atom. The number of aromatic hydroxyl groups is 1. The lowest BCUT2D eigenvalue weighted by atomic mass is 10.1. The zero-order valence-corrected chi connectivity index (χ0v) is 11.3. The minimum Gasteiger partial charge on any atom is -0.507 e. The van der Waals surface area contributed by atoms with E-state index in [0.29, 0.717) is 32.1 Å². The van der Waals surface area contributed by atoms with Crippen LogP contribution in [0, 0.1) is 11.7 Å². The van der Waals surface area contributed by atoms with Crippen molar-refractivity contribution in [2.24, 2.45) is 5.92 Å². The van der Waals surface area contributed by atoms with Crippen LogP contribution in [0.15, 0.2) is 18.2 Å². The third-order valence-corrected chi connectivity index (χ3v) is 2.42. The number of benzene rings is 1.